The molecule has 0 aliphatic carbocycles. The van der Waals surface area contributed by atoms with E-state index in [0.29, 0.717) is 31.8 Å². The lowest BCUT2D eigenvalue weighted by atomic mass is 10.0. The van der Waals surface area contributed by atoms with Crippen LogP contribution in [0.5, 0.6) is 0 Å². The average molecular weight is 242 g/mol. The minimum Gasteiger partial charge on any atom is -0.480 e. The van der Waals surface area contributed by atoms with Crippen molar-refractivity contribution in [2.45, 2.75) is 6.92 Å². The molecular weight excluding hydrogens is 224 g/mol. The molecular formula is C11H18N2O4. The van der Waals surface area contributed by atoms with Gasteiger partial charge in [-0.3, -0.25) is 9.59 Å². The summed E-state index contributed by atoms with van der Waals surface area (Å²) >= 11 is 0. The lowest BCUT2D eigenvalue weighted by molar-refractivity contribution is -0.143. The molecule has 1 amide bonds. The van der Waals surface area contributed by atoms with Gasteiger partial charge in [-0.05, 0) is 12.5 Å². The third-order valence-electron chi connectivity index (χ3n) is 2.71. The van der Waals surface area contributed by atoms with E-state index in [1.54, 1.807) is 6.92 Å². The summed E-state index contributed by atoms with van der Waals surface area (Å²) in [6.07, 6.45) is 0. The van der Waals surface area contributed by atoms with Gasteiger partial charge >= 0.3 is 5.97 Å². The highest BCUT2D eigenvalue weighted by Gasteiger charge is 2.22. The maximum absolute atomic E-state index is 12.0. The van der Waals surface area contributed by atoms with Crippen molar-refractivity contribution in [3.05, 3.63) is 11.1 Å². The Morgan fingerprint density at radius 1 is 1.47 bits per heavy atom. The molecule has 2 N–H and O–H groups in total. The number of methoxy groups -OCH3 is 1. The molecule has 1 fully saturated rings. The zero-order valence-corrected chi connectivity index (χ0v) is 10.2. The number of hydrogen-bond acceptors (Lipinski definition) is 4. The Morgan fingerprint density at radius 2 is 2.12 bits per heavy atom. The quantitative estimate of drug-likeness (QED) is 0.612. The van der Waals surface area contributed by atoms with Gasteiger partial charge in [-0.25, -0.2) is 0 Å². The summed E-state index contributed by atoms with van der Waals surface area (Å²) in [6, 6.07) is 0. The van der Waals surface area contributed by atoms with Crippen LogP contribution in [0.2, 0.25) is 0 Å². The molecule has 0 aromatic rings. The van der Waals surface area contributed by atoms with Crippen molar-refractivity contribution in [2.24, 2.45) is 0 Å². The van der Waals surface area contributed by atoms with Gasteiger partial charge in [-0.2, -0.15) is 0 Å². The molecule has 0 atom stereocenters. The molecule has 0 aromatic heterocycles. The molecule has 0 aromatic carbocycles. The van der Waals surface area contributed by atoms with Gasteiger partial charge in [0.2, 0.25) is 5.91 Å². The predicted molar refractivity (Wildman–Crippen MR) is 61.7 cm³/mol. The van der Waals surface area contributed by atoms with Crippen molar-refractivity contribution in [1.29, 1.82) is 0 Å². The van der Waals surface area contributed by atoms with Crippen molar-refractivity contribution in [3.8, 4) is 0 Å². The van der Waals surface area contributed by atoms with Gasteiger partial charge in [0.25, 0.3) is 0 Å². The molecule has 1 heterocycles. The predicted octanol–water partition coefficient (Wildman–Crippen LogP) is -0.534. The first-order valence-electron chi connectivity index (χ1n) is 5.45. The van der Waals surface area contributed by atoms with Crippen LogP contribution in [-0.2, 0) is 14.3 Å². The van der Waals surface area contributed by atoms with Crippen LogP contribution in [0.25, 0.3) is 0 Å². The van der Waals surface area contributed by atoms with Crippen molar-refractivity contribution < 1.29 is 19.4 Å². The Hall–Kier alpha value is -1.40. The van der Waals surface area contributed by atoms with E-state index in [0.717, 1.165) is 5.57 Å². The highest BCUT2D eigenvalue weighted by Crippen LogP contribution is 2.11. The van der Waals surface area contributed by atoms with E-state index < -0.39 is 5.97 Å². The Kier molecular flexibility index (Phi) is 5.11. The molecule has 1 saturated heterocycles. The third kappa shape index (κ3) is 3.83. The number of amides is 1. The number of carbonyl (C=O) groups excluding carboxylic acids is 1. The monoisotopic (exact) mass is 242 g/mol. The van der Waals surface area contributed by atoms with Crippen molar-refractivity contribution in [2.75, 3.05) is 39.9 Å². The normalized spacial score (nSPS) is 14.1. The Morgan fingerprint density at radius 3 is 2.53 bits per heavy atom. The van der Waals surface area contributed by atoms with E-state index >= 15 is 0 Å². The average Bonchev–Trinajstić information content (AvgIpc) is 2.20. The summed E-state index contributed by atoms with van der Waals surface area (Å²) in [6.45, 7) is 3.49. The summed E-state index contributed by atoms with van der Waals surface area (Å²) in [7, 11) is 1.52. The van der Waals surface area contributed by atoms with Gasteiger partial charge in [-0.15, -0.1) is 0 Å². The second kappa shape index (κ2) is 6.36. The van der Waals surface area contributed by atoms with E-state index in [-0.39, 0.29) is 12.5 Å². The first-order chi connectivity index (χ1) is 8.06. The number of nitrogens with one attached hydrogen (secondary N) is 1. The summed E-state index contributed by atoms with van der Waals surface area (Å²) in [5, 5.41) is 11.8. The maximum atomic E-state index is 12.0. The van der Waals surface area contributed by atoms with Crippen LogP contribution in [-0.4, -0.2) is 61.8 Å². The zero-order chi connectivity index (χ0) is 12.8. The number of carbonyl (C=O) groups is 2. The topological polar surface area (TPSA) is 78.9 Å². The molecule has 96 valence electrons. The minimum absolute atomic E-state index is 0.221. The lowest BCUT2D eigenvalue weighted by Crippen LogP contribution is -2.42. The fraction of sp³-hybridized carbons (Fsp3) is 0.636. The SMILES string of the molecule is COCCN(CC(=O)O)C(=O)C(C)=C1CNC1. The highest BCUT2D eigenvalue weighted by molar-refractivity contribution is 5.95. The largest absolute Gasteiger partial charge is 0.480 e. The standard InChI is InChI=1S/C11H18N2O4/c1-8(9-5-12-6-9)11(16)13(3-4-17-2)7-10(14)15/h12H,3-7H2,1-2H3,(H,14,15). The summed E-state index contributed by atoms with van der Waals surface area (Å²) in [5.74, 6) is -1.24. The molecule has 0 unspecified atom stereocenters. The fourth-order valence-corrected chi connectivity index (χ4v) is 1.52. The van der Waals surface area contributed by atoms with Crippen LogP contribution >= 0.6 is 0 Å². The van der Waals surface area contributed by atoms with Crippen LogP contribution in [0.4, 0.5) is 0 Å². The molecule has 0 saturated carbocycles. The van der Waals surface area contributed by atoms with Crippen LogP contribution in [0, 0.1) is 0 Å². The van der Waals surface area contributed by atoms with Crippen LogP contribution < -0.4 is 5.32 Å². The molecule has 6 nitrogen and oxygen atoms in total. The second-order valence-electron chi connectivity index (χ2n) is 3.95. The first kappa shape index (κ1) is 13.7. The Balaban J connectivity index is 2.67. The van der Waals surface area contributed by atoms with Crippen molar-refractivity contribution in [1.82, 2.24) is 10.2 Å². The molecule has 6 heteroatoms. The van der Waals surface area contributed by atoms with Crippen LogP contribution in [0.1, 0.15) is 6.92 Å². The molecule has 1 aliphatic heterocycles. The Labute approximate surface area is 100 Å². The number of carboxylic acid groups (broad SMARTS) is 1. The van der Waals surface area contributed by atoms with E-state index in [4.69, 9.17) is 9.84 Å². The van der Waals surface area contributed by atoms with E-state index in [1.165, 1.54) is 12.0 Å². The second-order valence-corrected chi connectivity index (χ2v) is 3.95. The van der Waals surface area contributed by atoms with Gasteiger partial charge in [0.15, 0.2) is 0 Å². The fourth-order valence-electron chi connectivity index (χ4n) is 1.52. The zero-order valence-electron chi connectivity index (χ0n) is 10.2. The number of carboxylic acids is 1. The van der Waals surface area contributed by atoms with Gasteiger partial charge in [0, 0.05) is 32.3 Å². The summed E-state index contributed by atoms with van der Waals surface area (Å²) < 4.78 is 4.87. The smallest absolute Gasteiger partial charge is 0.323 e. The summed E-state index contributed by atoms with van der Waals surface area (Å²) in [5.41, 5.74) is 1.68. The van der Waals surface area contributed by atoms with Crippen LogP contribution in [0.15, 0.2) is 11.1 Å². The number of aliphatic carboxylic acids is 1. The Bertz CT molecular complexity index is 332. The van der Waals surface area contributed by atoms with E-state index in [2.05, 4.69) is 5.32 Å². The molecule has 0 radical (unpaired) electrons. The molecule has 1 rings (SSSR count). The lowest BCUT2D eigenvalue weighted by Gasteiger charge is -2.26. The molecule has 0 bridgehead atoms. The molecule has 0 spiro atoms. The number of rotatable bonds is 6. The number of nitrogens with zero attached hydrogens (tertiary/aromatic N) is 1. The molecule has 17 heavy (non-hydrogen) atoms. The van der Waals surface area contributed by atoms with Gasteiger partial charge < -0.3 is 20.1 Å². The van der Waals surface area contributed by atoms with Crippen molar-refractivity contribution >= 4 is 11.9 Å². The van der Waals surface area contributed by atoms with Gasteiger partial charge in [0.1, 0.15) is 6.54 Å². The maximum Gasteiger partial charge on any atom is 0.323 e. The highest BCUT2D eigenvalue weighted by atomic mass is 16.5. The third-order valence-corrected chi connectivity index (χ3v) is 2.71. The first-order valence-corrected chi connectivity index (χ1v) is 5.45. The van der Waals surface area contributed by atoms with Crippen molar-refractivity contribution in [3.63, 3.8) is 0 Å². The van der Waals surface area contributed by atoms with Gasteiger partial charge in [0.05, 0.1) is 6.61 Å². The number of ether oxygens (including phenoxy) is 1. The molecule has 1 aliphatic rings. The number of hydrogen-bond donors (Lipinski definition) is 2. The van der Waals surface area contributed by atoms with Crippen LogP contribution in [0.3, 0.4) is 0 Å². The minimum atomic E-state index is -1.01. The summed E-state index contributed by atoms with van der Waals surface area (Å²) in [4.78, 5) is 24.0. The van der Waals surface area contributed by atoms with E-state index in [1.807, 2.05) is 0 Å². The van der Waals surface area contributed by atoms with Gasteiger partial charge in [-0.1, -0.05) is 0 Å². The van der Waals surface area contributed by atoms with E-state index in [9.17, 15) is 9.59 Å².